The van der Waals surface area contributed by atoms with Gasteiger partial charge in [-0.05, 0) is 36.4 Å². The van der Waals surface area contributed by atoms with Gasteiger partial charge in [0.25, 0.3) is 5.69 Å². The van der Waals surface area contributed by atoms with Crippen LogP contribution >= 0.6 is 0 Å². The zero-order valence-corrected chi connectivity index (χ0v) is 15.5. The predicted molar refractivity (Wildman–Crippen MR) is 98.0 cm³/mol. The van der Waals surface area contributed by atoms with E-state index in [4.69, 9.17) is 9.47 Å². The summed E-state index contributed by atoms with van der Waals surface area (Å²) in [6.45, 7) is 0.679. The monoisotopic (exact) mass is 380 g/mol. The normalized spacial score (nSPS) is 11.0. The highest BCUT2D eigenvalue weighted by molar-refractivity contribution is 7.90. The molecule has 0 radical (unpaired) electrons. The minimum absolute atomic E-state index is 0.0872. The minimum Gasteiger partial charge on any atom is -0.497 e. The quantitative estimate of drug-likeness (QED) is 0.512. The van der Waals surface area contributed by atoms with Gasteiger partial charge in [-0.2, -0.15) is 0 Å². The highest BCUT2D eigenvalue weighted by atomic mass is 32.2. The van der Waals surface area contributed by atoms with Crippen LogP contribution in [0, 0.1) is 10.1 Å². The van der Waals surface area contributed by atoms with E-state index in [0.29, 0.717) is 24.6 Å². The number of sulfone groups is 1. The number of nitro benzene ring substituents is 1. The summed E-state index contributed by atoms with van der Waals surface area (Å²) in [6.07, 6.45) is 1.01. The third kappa shape index (κ3) is 4.85. The van der Waals surface area contributed by atoms with Crippen LogP contribution in [0.1, 0.15) is 0 Å². The van der Waals surface area contributed by atoms with Crippen molar-refractivity contribution in [2.24, 2.45) is 0 Å². The Morgan fingerprint density at radius 2 is 1.73 bits per heavy atom. The molecule has 0 aliphatic carbocycles. The van der Waals surface area contributed by atoms with Crippen LogP contribution in [0.3, 0.4) is 0 Å². The van der Waals surface area contributed by atoms with Crippen molar-refractivity contribution >= 4 is 21.2 Å². The zero-order chi connectivity index (χ0) is 19.3. The lowest BCUT2D eigenvalue weighted by atomic mass is 10.2. The molecule has 9 heteroatoms. The van der Waals surface area contributed by atoms with Gasteiger partial charge in [-0.25, -0.2) is 8.42 Å². The van der Waals surface area contributed by atoms with Crippen LogP contribution in [0.2, 0.25) is 0 Å². The second kappa shape index (κ2) is 8.05. The van der Waals surface area contributed by atoms with Crippen molar-refractivity contribution in [3.8, 4) is 11.5 Å². The van der Waals surface area contributed by atoms with Gasteiger partial charge >= 0.3 is 0 Å². The molecule has 2 aromatic rings. The standard InChI is InChI=1S/C17H20N2O6S/c1-18(10-11-25-14-6-4-13(24-2)5-7-14)16-9-8-15(26(3,22)23)12-17(16)19(20)21/h4-9,12H,10-11H2,1-3H3. The molecule has 8 nitrogen and oxygen atoms in total. The summed E-state index contributed by atoms with van der Waals surface area (Å²) in [5.41, 5.74) is 0.0561. The molecule has 2 aromatic carbocycles. The van der Waals surface area contributed by atoms with E-state index in [1.807, 2.05) is 0 Å². The van der Waals surface area contributed by atoms with Crippen molar-refractivity contribution in [1.29, 1.82) is 0 Å². The molecule has 0 aromatic heterocycles. The van der Waals surface area contributed by atoms with Crippen molar-refractivity contribution in [3.63, 3.8) is 0 Å². The summed E-state index contributed by atoms with van der Waals surface area (Å²) in [6, 6.07) is 10.9. The second-order valence-corrected chi connectivity index (χ2v) is 7.64. The van der Waals surface area contributed by atoms with Gasteiger partial charge in [-0.3, -0.25) is 10.1 Å². The number of nitrogens with zero attached hydrogens (tertiary/aromatic N) is 2. The van der Waals surface area contributed by atoms with Gasteiger partial charge in [0.1, 0.15) is 23.8 Å². The maximum atomic E-state index is 11.6. The summed E-state index contributed by atoms with van der Waals surface area (Å²) >= 11 is 0. The van der Waals surface area contributed by atoms with Gasteiger partial charge in [0.2, 0.25) is 0 Å². The third-order valence-corrected chi connectivity index (χ3v) is 4.85. The maximum Gasteiger partial charge on any atom is 0.293 e. The SMILES string of the molecule is COc1ccc(OCCN(C)c2ccc(S(C)(=O)=O)cc2[N+](=O)[O-])cc1. The Morgan fingerprint density at radius 3 is 2.27 bits per heavy atom. The van der Waals surface area contributed by atoms with Crippen LogP contribution in [0.15, 0.2) is 47.4 Å². The number of nitro groups is 1. The summed E-state index contributed by atoms with van der Waals surface area (Å²) < 4.78 is 33.9. The summed E-state index contributed by atoms with van der Waals surface area (Å²) in [5, 5.41) is 11.3. The topological polar surface area (TPSA) is 99.0 Å². The summed E-state index contributed by atoms with van der Waals surface area (Å²) in [7, 11) is -0.261. The highest BCUT2D eigenvalue weighted by Gasteiger charge is 2.21. The van der Waals surface area contributed by atoms with Crippen LogP contribution in [0.5, 0.6) is 11.5 Å². The van der Waals surface area contributed by atoms with Crippen LogP contribution in [0.4, 0.5) is 11.4 Å². The number of anilines is 1. The zero-order valence-electron chi connectivity index (χ0n) is 14.7. The molecular weight excluding hydrogens is 360 g/mol. The molecule has 2 rings (SSSR count). The smallest absolute Gasteiger partial charge is 0.293 e. The highest BCUT2D eigenvalue weighted by Crippen LogP contribution is 2.30. The molecule has 0 aliphatic heterocycles. The Labute approximate surface area is 152 Å². The van der Waals surface area contributed by atoms with Crippen molar-refractivity contribution in [2.45, 2.75) is 4.90 Å². The molecule has 0 saturated heterocycles. The molecule has 0 amide bonds. The molecule has 0 saturated carbocycles. The van der Waals surface area contributed by atoms with Gasteiger partial charge in [0.15, 0.2) is 9.84 Å². The third-order valence-electron chi connectivity index (χ3n) is 3.74. The van der Waals surface area contributed by atoms with E-state index in [0.717, 1.165) is 18.1 Å². The fourth-order valence-electron chi connectivity index (χ4n) is 2.30. The fraction of sp³-hybridized carbons (Fsp3) is 0.294. The van der Waals surface area contributed by atoms with Crippen molar-refractivity contribution in [1.82, 2.24) is 0 Å². The van der Waals surface area contributed by atoms with Crippen molar-refractivity contribution < 1.29 is 22.8 Å². The number of rotatable bonds is 8. The molecule has 0 aliphatic rings. The first-order valence-electron chi connectivity index (χ1n) is 7.69. The van der Waals surface area contributed by atoms with Gasteiger partial charge in [-0.1, -0.05) is 0 Å². The van der Waals surface area contributed by atoms with Crippen molar-refractivity contribution in [2.75, 3.05) is 38.5 Å². The van der Waals surface area contributed by atoms with Crippen LogP contribution in [0.25, 0.3) is 0 Å². The first kappa shape index (κ1) is 19.5. The van der Waals surface area contributed by atoms with Gasteiger partial charge < -0.3 is 14.4 Å². The Kier molecular flexibility index (Phi) is 6.04. The second-order valence-electron chi connectivity index (χ2n) is 5.63. The van der Waals surface area contributed by atoms with E-state index < -0.39 is 14.8 Å². The number of likely N-dealkylation sites (N-methyl/N-ethyl adjacent to an activating group) is 1. The van der Waals surface area contributed by atoms with Gasteiger partial charge in [-0.15, -0.1) is 0 Å². The Bertz CT molecular complexity index is 881. The number of ether oxygens (including phenoxy) is 2. The number of hydrogen-bond donors (Lipinski definition) is 0. The number of benzene rings is 2. The predicted octanol–water partition coefficient (Wildman–Crippen LogP) is 2.52. The number of methoxy groups -OCH3 is 1. The van der Waals surface area contributed by atoms with Gasteiger partial charge in [0.05, 0.1) is 23.5 Å². The minimum atomic E-state index is -3.52. The van der Waals surface area contributed by atoms with E-state index in [1.54, 1.807) is 43.3 Å². The van der Waals surface area contributed by atoms with E-state index >= 15 is 0 Å². The lowest BCUT2D eigenvalue weighted by molar-refractivity contribution is -0.384. The van der Waals surface area contributed by atoms with E-state index in [-0.39, 0.29) is 10.6 Å². The van der Waals surface area contributed by atoms with Crippen LogP contribution < -0.4 is 14.4 Å². The van der Waals surface area contributed by atoms with E-state index in [9.17, 15) is 18.5 Å². The fourth-order valence-corrected chi connectivity index (χ4v) is 2.94. The maximum absolute atomic E-state index is 11.6. The van der Waals surface area contributed by atoms with E-state index in [2.05, 4.69) is 0 Å². The molecule has 140 valence electrons. The van der Waals surface area contributed by atoms with Gasteiger partial charge in [0, 0.05) is 19.4 Å². The van der Waals surface area contributed by atoms with Crippen LogP contribution in [-0.4, -0.2) is 46.9 Å². The van der Waals surface area contributed by atoms with Crippen LogP contribution in [-0.2, 0) is 9.84 Å². The molecule has 0 bridgehead atoms. The lowest BCUT2D eigenvalue weighted by Crippen LogP contribution is -2.24. The molecule has 0 heterocycles. The summed E-state index contributed by atoms with van der Waals surface area (Å²) in [4.78, 5) is 12.3. The molecule has 0 unspecified atom stereocenters. The molecular formula is C17H20N2O6S. The first-order valence-corrected chi connectivity index (χ1v) is 9.58. The Morgan fingerprint density at radius 1 is 1.12 bits per heavy atom. The average molecular weight is 380 g/mol. The molecule has 26 heavy (non-hydrogen) atoms. The summed E-state index contributed by atoms with van der Waals surface area (Å²) in [5.74, 6) is 1.37. The molecule has 0 spiro atoms. The van der Waals surface area contributed by atoms with E-state index in [1.165, 1.54) is 12.1 Å². The Balaban J connectivity index is 2.08. The first-order chi connectivity index (χ1) is 12.2. The molecule has 0 atom stereocenters. The van der Waals surface area contributed by atoms with Crippen molar-refractivity contribution in [3.05, 3.63) is 52.6 Å². The lowest BCUT2D eigenvalue weighted by Gasteiger charge is -2.19. The number of hydrogen-bond acceptors (Lipinski definition) is 7. The molecule has 0 fully saturated rings. The Hall–Kier alpha value is -2.81. The largest absolute Gasteiger partial charge is 0.497 e. The average Bonchev–Trinajstić information content (AvgIpc) is 2.60. The molecule has 0 N–H and O–H groups in total.